The van der Waals surface area contributed by atoms with E-state index in [4.69, 9.17) is 9.47 Å². The lowest BCUT2D eigenvalue weighted by molar-refractivity contribution is -0.0159. The van der Waals surface area contributed by atoms with Crippen LogP contribution in [0.15, 0.2) is 22.8 Å². The van der Waals surface area contributed by atoms with Gasteiger partial charge in [-0.05, 0) is 28.1 Å². The van der Waals surface area contributed by atoms with Gasteiger partial charge in [0, 0.05) is 33.2 Å². The first kappa shape index (κ1) is 13.0. The molecule has 4 nitrogen and oxygen atoms in total. The van der Waals surface area contributed by atoms with Gasteiger partial charge in [-0.3, -0.25) is 0 Å². The SMILES string of the molecule is COC1(CNCc2cccc(Br)n2)CCOC1. The number of aromatic nitrogens is 1. The Morgan fingerprint density at radius 1 is 1.59 bits per heavy atom. The minimum absolute atomic E-state index is 0.161. The van der Waals surface area contributed by atoms with Gasteiger partial charge in [0.15, 0.2) is 0 Å². The second kappa shape index (κ2) is 5.91. The molecule has 0 bridgehead atoms. The molecule has 1 saturated heterocycles. The molecule has 1 aromatic heterocycles. The third kappa shape index (κ3) is 3.48. The van der Waals surface area contributed by atoms with Gasteiger partial charge in [0.25, 0.3) is 0 Å². The molecule has 1 aromatic rings. The van der Waals surface area contributed by atoms with Gasteiger partial charge >= 0.3 is 0 Å². The van der Waals surface area contributed by atoms with Gasteiger partial charge in [-0.15, -0.1) is 0 Å². The Kier molecular flexibility index (Phi) is 4.50. The molecule has 0 aliphatic carbocycles. The minimum atomic E-state index is -0.161. The fourth-order valence-corrected chi connectivity index (χ4v) is 2.31. The van der Waals surface area contributed by atoms with E-state index in [0.29, 0.717) is 6.61 Å². The second-order valence-corrected chi connectivity index (χ2v) is 5.06. The monoisotopic (exact) mass is 300 g/mol. The molecular weight excluding hydrogens is 284 g/mol. The second-order valence-electron chi connectivity index (χ2n) is 4.24. The lowest BCUT2D eigenvalue weighted by Gasteiger charge is -2.25. The predicted molar refractivity (Wildman–Crippen MR) is 68.8 cm³/mol. The molecule has 1 aliphatic heterocycles. The summed E-state index contributed by atoms with van der Waals surface area (Å²) < 4.78 is 11.8. The van der Waals surface area contributed by atoms with Crippen LogP contribution in [0.25, 0.3) is 0 Å². The molecule has 0 spiro atoms. The topological polar surface area (TPSA) is 43.4 Å². The number of halogens is 1. The summed E-state index contributed by atoms with van der Waals surface area (Å²) in [5, 5.41) is 3.37. The smallest absolute Gasteiger partial charge is 0.106 e. The van der Waals surface area contributed by atoms with Crippen molar-refractivity contribution < 1.29 is 9.47 Å². The third-order valence-corrected chi connectivity index (χ3v) is 3.47. The number of nitrogens with zero attached hydrogens (tertiary/aromatic N) is 1. The molecule has 94 valence electrons. The summed E-state index contributed by atoms with van der Waals surface area (Å²) >= 11 is 3.36. The summed E-state index contributed by atoms with van der Waals surface area (Å²) in [5.74, 6) is 0. The number of hydrogen-bond donors (Lipinski definition) is 1. The van der Waals surface area contributed by atoms with Crippen LogP contribution < -0.4 is 5.32 Å². The van der Waals surface area contributed by atoms with Gasteiger partial charge in [0.2, 0.25) is 0 Å². The zero-order valence-electron chi connectivity index (χ0n) is 9.91. The fraction of sp³-hybridized carbons (Fsp3) is 0.583. The highest BCUT2D eigenvalue weighted by molar-refractivity contribution is 9.10. The van der Waals surface area contributed by atoms with Crippen molar-refractivity contribution >= 4 is 15.9 Å². The standard InChI is InChI=1S/C12H17BrN2O2/c1-16-12(5-6-17-9-12)8-14-7-10-3-2-4-11(13)15-10/h2-4,14H,5-9H2,1H3. The van der Waals surface area contributed by atoms with E-state index in [2.05, 4.69) is 26.2 Å². The van der Waals surface area contributed by atoms with Crippen molar-refractivity contribution in [2.75, 3.05) is 26.9 Å². The number of hydrogen-bond acceptors (Lipinski definition) is 4. The van der Waals surface area contributed by atoms with E-state index >= 15 is 0 Å². The van der Waals surface area contributed by atoms with Crippen LogP contribution >= 0.6 is 15.9 Å². The number of methoxy groups -OCH3 is 1. The molecule has 2 rings (SSSR count). The van der Waals surface area contributed by atoms with E-state index in [-0.39, 0.29) is 5.60 Å². The summed E-state index contributed by atoms with van der Waals surface area (Å²) in [6.45, 7) is 2.98. The zero-order valence-corrected chi connectivity index (χ0v) is 11.5. The van der Waals surface area contributed by atoms with Crippen molar-refractivity contribution in [2.24, 2.45) is 0 Å². The molecule has 5 heteroatoms. The normalized spacial score (nSPS) is 24.1. The van der Waals surface area contributed by atoms with E-state index in [1.807, 2.05) is 18.2 Å². The van der Waals surface area contributed by atoms with E-state index in [9.17, 15) is 0 Å². The van der Waals surface area contributed by atoms with Crippen LogP contribution in [0.3, 0.4) is 0 Å². The largest absolute Gasteiger partial charge is 0.378 e. The molecule has 0 saturated carbocycles. The van der Waals surface area contributed by atoms with Crippen LogP contribution in [0.2, 0.25) is 0 Å². The van der Waals surface area contributed by atoms with Crippen LogP contribution in [0, 0.1) is 0 Å². The van der Waals surface area contributed by atoms with Crippen molar-refractivity contribution in [3.63, 3.8) is 0 Å². The molecule has 1 fully saturated rings. The van der Waals surface area contributed by atoms with Crippen molar-refractivity contribution in [3.8, 4) is 0 Å². The van der Waals surface area contributed by atoms with Gasteiger partial charge in [0.05, 0.1) is 12.3 Å². The highest BCUT2D eigenvalue weighted by atomic mass is 79.9. The third-order valence-electron chi connectivity index (χ3n) is 3.03. The van der Waals surface area contributed by atoms with Crippen LogP contribution in [0.4, 0.5) is 0 Å². The number of pyridine rings is 1. The minimum Gasteiger partial charge on any atom is -0.378 e. The van der Waals surface area contributed by atoms with Crippen molar-refractivity contribution in [3.05, 3.63) is 28.5 Å². The summed E-state index contributed by atoms with van der Waals surface area (Å²) in [7, 11) is 1.74. The molecule has 1 atom stereocenters. The average molecular weight is 301 g/mol. The van der Waals surface area contributed by atoms with Crippen molar-refractivity contribution in [2.45, 2.75) is 18.6 Å². The Morgan fingerprint density at radius 2 is 2.47 bits per heavy atom. The van der Waals surface area contributed by atoms with E-state index in [1.54, 1.807) is 7.11 Å². The van der Waals surface area contributed by atoms with Gasteiger partial charge < -0.3 is 14.8 Å². The maximum absolute atomic E-state index is 5.54. The Morgan fingerprint density at radius 3 is 3.12 bits per heavy atom. The molecular formula is C12H17BrN2O2. The number of rotatable bonds is 5. The summed E-state index contributed by atoms with van der Waals surface area (Å²) in [4.78, 5) is 4.37. The zero-order chi connectivity index (χ0) is 12.1. The van der Waals surface area contributed by atoms with Crippen molar-refractivity contribution in [1.82, 2.24) is 10.3 Å². The maximum atomic E-state index is 5.54. The van der Waals surface area contributed by atoms with Gasteiger partial charge in [-0.1, -0.05) is 6.07 Å². The molecule has 0 aromatic carbocycles. The molecule has 1 aliphatic rings. The molecule has 1 N–H and O–H groups in total. The lowest BCUT2D eigenvalue weighted by atomic mass is 10.0. The number of ether oxygens (including phenoxy) is 2. The highest BCUT2D eigenvalue weighted by Gasteiger charge is 2.34. The first-order chi connectivity index (χ1) is 8.24. The Labute approximate surface area is 110 Å². The van der Waals surface area contributed by atoms with Crippen LogP contribution in [-0.4, -0.2) is 37.5 Å². The first-order valence-electron chi connectivity index (χ1n) is 5.69. The quantitative estimate of drug-likeness (QED) is 0.841. The summed E-state index contributed by atoms with van der Waals surface area (Å²) in [5.41, 5.74) is 0.857. The Hall–Kier alpha value is -0.490. The average Bonchev–Trinajstić information content (AvgIpc) is 2.79. The Balaban J connectivity index is 1.82. The molecule has 1 unspecified atom stereocenters. The highest BCUT2D eigenvalue weighted by Crippen LogP contribution is 2.21. The van der Waals surface area contributed by atoms with Crippen molar-refractivity contribution in [1.29, 1.82) is 0 Å². The lowest BCUT2D eigenvalue weighted by Crippen LogP contribution is -2.42. The fourth-order valence-electron chi connectivity index (χ4n) is 1.93. The van der Waals surface area contributed by atoms with Crippen LogP contribution in [0.1, 0.15) is 12.1 Å². The number of nitrogens with one attached hydrogen (secondary N) is 1. The van der Waals surface area contributed by atoms with E-state index in [1.165, 1.54) is 0 Å². The summed E-state index contributed by atoms with van der Waals surface area (Å²) in [6.07, 6.45) is 0.947. The van der Waals surface area contributed by atoms with Gasteiger partial charge in [-0.25, -0.2) is 4.98 Å². The Bertz CT molecular complexity index is 367. The summed E-state index contributed by atoms with van der Waals surface area (Å²) in [6, 6.07) is 5.91. The van der Waals surface area contributed by atoms with Gasteiger partial charge in [0.1, 0.15) is 10.2 Å². The molecule has 0 radical (unpaired) electrons. The van der Waals surface area contributed by atoms with E-state index < -0.39 is 0 Å². The van der Waals surface area contributed by atoms with E-state index in [0.717, 1.165) is 36.4 Å². The van der Waals surface area contributed by atoms with Gasteiger partial charge in [-0.2, -0.15) is 0 Å². The first-order valence-corrected chi connectivity index (χ1v) is 6.48. The van der Waals surface area contributed by atoms with Crippen LogP contribution in [-0.2, 0) is 16.0 Å². The predicted octanol–water partition coefficient (Wildman–Crippen LogP) is 1.74. The molecule has 2 heterocycles. The maximum Gasteiger partial charge on any atom is 0.106 e. The van der Waals surface area contributed by atoms with Crippen LogP contribution in [0.5, 0.6) is 0 Å². The molecule has 0 amide bonds. The molecule has 17 heavy (non-hydrogen) atoms.